The summed E-state index contributed by atoms with van der Waals surface area (Å²) in [5.41, 5.74) is 6.68. The standard InChI is InChI=1S/C16H24N2O2/c1-16(2,12-6-4-3-5-7-12)11-18-15(19)14-9-8-13(10-17)20-14/h3-7,13-14H,8-11,17H2,1-2H3,(H,18,19)/t13-,14+/m1/s1. The molecule has 1 aromatic carbocycles. The van der Waals surface area contributed by atoms with Crippen LogP contribution in [0.1, 0.15) is 32.3 Å². The summed E-state index contributed by atoms with van der Waals surface area (Å²) in [6.07, 6.45) is 1.33. The lowest BCUT2D eigenvalue weighted by Crippen LogP contribution is -2.42. The highest BCUT2D eigenvalue weighted by Gasteiger charge is 2.31. The molecule has 0 unspecified atom stereocenters. The van der Waals surface area contributed by atoms with Gasteiger partial charge in [-0.25, -0.2) is 0 Å². The van der Waals surface area contributed by atoms with Crippen LogP contribution >= 0.6 is 0 Å². The van der Waals surface area contributed by atoms with Crippen LogP contribution < -0.4 is 11.1 Å². The van der Waals surface area contributed by atoms with Crippen molar-refractivity contribution < 1.29 is 9.53 Å². The minimum Gasteiger partial charge on any atom is -0.364 e. The van der Waals surface area contributed by atoms with Gasteiger partial charge in [0, 0.05) is 18.5 Å². The van der Waals surface area contributed by atoms with Crippen molar-refractivity contribution in [2.75, 3.05) is 13.1 Å². The van der Waals surface area contributed by atoms with Crippen molar-refractivity contribution in [2.24, 2.45) is 5.73 Å². The van der Waals surface area contributed by atoms with E-state index < -0.39 is 0 Å². The highest BCUT2D eigenvalue weighted by atomic mass is 16.5. The third kappa shape index (κ3) is 3.58. The summed E-state index contributed by atoms with van der Waals surface area (Å²) in [4.78, 5) is 12.1. The average molecular weight is 276 g/mol. The molecule has 1 aromatic rings. The zero-order valence-corrected chi connectivity index (χ0v) is 12.3. The molecule has 0 saturated carbocycles. The summed E-state index contributed by atoms with van der Waals surface area (Å²) < 4.78 is 5.61. The van der Waals surface area contributed by atoms with E-state index in [1.807, 2.05) is 18.2 Å². The summed E-state index contributed by atoms with van der Waals surface area (Å²) in [6, 6.07) is 10.2. The van der Waals surface area contributed by atoms with Gasteiger partial charge in [-0.3, -0.25) is 4.79 Å². The van der Waals surface area contributed by atoms with Gasteiger partial charge in [0.05, 0.1) is 6.10 Å². The monoisotopic (exact) mass is 276 g/mol. The first-order valence-corrected chi connectivity index (χ1v) is 7.21. The van der Waals surface area contributed by atoms with Crippen molar-refractivity contribution in [2.45, 2.75) is 44.3 Å². The van der Waals surface area contributed by atoms with Crippen LogP contribution in [0.5, 0.6) is 0 Å². The van der Waals surface area contributed by atoms with E-state index in [9.17, 15) is 4.79 Å². The number of hydrogen-bond donors (Lipinski definition) is 2. The SMILES string of the molecule is CC(C)(CNC(=O)[C@@H]1CC[C@H](CN)O1)c1ccccc1. The predicted molar refractivity (Wildman–Crippen MR) is 79.4 cm³/mol. The molecule has 2 atom stereocenters. The molecular formula is C16H24N2O2. The van der Waals surface area contributed by atoms with Gasteiger partial charge in [-0.1, -0.05) is 44.2 Å². The Morgan fingerprint density at radius 3 is 2.65 bits per heavy atom. The Hall–Kier alpha value is -1.39. The molecule has 20 heavy (non-hydrogen) atoms. The summed E-state index contributed by atoms with van der Waals surface area (Å²) in [7, 11) is 0. The fraction of sp³-hybridized carbons (Fsp3) is 0.562. The number of carbonyl (C=O) groups excluding carboxylic acids is 1. The minimum absolute atomic E-state index is 0.0232. The second-order valence-electron chi connectivity index (χ2n) is 6.03. The fourth-order valence-corrected chi connectivity index (χ4v) is 2.49. The van der Waals surface area contributed by atoms with Crippen LogP contribution in [0.4, 0.5) is 0 Å². The van der Waals surface area contributed by atoms with Crippen LogP contribution in [-0.4, -0.2) is 31.2 Å². The van der Waals surface area contributed by atoms with E-state index in [4.69, 9.17) is 10.5 Å². The normalized spacial score (nSPS) is 22.8. The molecule has 3 N–H and O–H groups in total. The van der Waals surface area contributed by atoms with Crippen LogP contribution in [0.3, 0.4) is 0 Å². The van der Waals surface area contributed by atoms with Gasteiger partial charge in [0.15, 0.2) is 0 Å². The number of hydrogen-bond acceptors (Lipinski definition) is 3. The van der Waals surface area contributed by atoms with E-state index in [-0.39, 0.29) is 23.5 Å². The Morgan fingerprint density at radius 2 is 2.05 bits per heavy atom. The summed E-state index contributed by atoms with van der Waals surface area (Å²) >= 11 is 0. The molecule has 1 aliphatic rings. The molecule has 0 bridgehead atoms. The first kappa shape index (κ1) is 15.0. The molecule has 1 saturated heterocycles. The Morgan fingerprint density at radius 1 is 1.35 bits per heavy atom. The number of amides is 1. The minimum atomic E-state index is -0.338. The Labute approximate surface area is 120 Å². The number of nitrogens with two attached hydrogens (primary N) is 1. The van der Waals surface area contributed by atoms with E-state index in [1.54, 1.807) is 0 Å². The first-order valence-electron chi connectivity index (χ1n) is 7.21. The lowest BCUT2D eigenvalue weighted by atomic mass is 9.84. The zero-order chi connectivity index (χ0) is 14.6. The molecule has 1 amide bonds. The van der Waals surface area contributed by atoms with Gasteiger partial charge in [-0.15, -0.1) is 0 Å². The molecule has 0 spiro atoms. The van der Waals surface area contributed by atoms with Gasteiger partial charge in [-0.05, 0) is 18.4 Å². The van der Waals surface area contributed by atoms with Crippen LogP contribution in [0, 0.1) is 0 Å². The first-order chi connectivity index (χ1) is 9.53. The molecule has 4 nitrogen and oxygen atoms in total. The maximum absolute atomic E-state index is 12.1. The number of ether oxygens (including phenoxy) is 1. The van der Waals surface area contributed by atoms with Crippen LogP contribution in [0.25, 0.3) is 0 Å². The molecule has 0 aromatic heterocycles. The molecule has 2 rings (SSSR count). The van der Waals surface area contributed by atoms with Gasteiger partial charge in [0.1, 0.15) is 6.10 Å². The Bertz CT molecular complexity index is 445. The molecule has 0 radical (unpaired) electrons. The quantitative estimate of drug-likeness (QED) is 0.858. The van der Waals surface area contributed by atoms with Crippen molar-refractivity contribution in [1.29, 1.82) is 0 Å². The number of carbonyl (C=O) groups is 1. The topological polar surface area (TPSA) is 64.4 Å². The van der Waals surface area contributed by atoms with Gasteiger partial charge in [0.25, 0.3) is 0 Å². The Kier molecular flexibility index (Phi) is 4.78. The van der Waals surface area contributed by atoms with Gasteiger partial charge < -0.3 is 15.8 Å². The number of rotatable bonds is 5. The summed E-state index contributed by atoms with van der Waals surface area (Å²) in [6.45, 7) is 5.34. The van der Waals surface area contributed by atoms with Crippen molar-refractivity contribution in [1.82, 2.24) is 5.32 Å². The third-order valence-electron chi connectivity index (χ3n) is 3.92. The van der Waals surface area contributed by atoms with Crippen LogP contribution in [0.15, 0.2) is 30.3 Å². The van der Waals surface area contributed by atoms with Gasteiger partial charge >= 0.3 is 0 Å². The molecule has 1 heterocycles. The van der Waals surface area contributed by atoms with Crippen LogP contribution in [0.2, 0.25) is 0 Å². The highest BCUT2D eigenvalue weighted by Crippen LogP contribution is 2.23. The van der Waals surface area contributed by atoms with Crippen LogP contribution in [-0.2, 0) is 14.9 Å². The molecular weight excluding hydrogens is 252 g/mol. The van der Waals surface area contributed by atoms with E-state index in [0.717, 1.165) is 12.8 Å². The molecule has 110 valence electrons. The largest absolute Gasteiger partial charge is 0.364 e. The molecule has 1 aliphatic heterocycles. The maximum atomic E-state index is 12.1. The Balaban J connectivity index is 1.87. The number of benzene rings is 1. The van der Waals surface area contributed by atoms with Crippen molar-refractivity contribution >= 4 is 5.91 Å². The lowest BCUT2D eigenvalue weighted by molar-refractivity contribution is -0.132. The zero-order valence-electron chi connectivity index (χ0n) is 12.3. The lowest BCUT2D eigenvalue weighted by Gasteiger charge is -2.26. The second-order valence-corrected chi connectivity index (χ2v) is 6.03. The average Bonchev–Trinajstić information content (AvgIpc) is 2.95. The van der Waals surface area contributed by atoms with Crippen molar-refractivity contribution in [3.05, 3.63) is 35.9 Å². The highest BCUT2D eigenvalue weighted by molar-refractivity contribution is 5.81. The van der Waals surface area contributed by atoms with Crippen molar-refractivity contribution in [3.8, 4) is 0 Å². The van der Waals surface area contributed by atoms with Gasteiger partial charge in [-0.2, -0.15) is 0 Å². The second kappa shape index (κ2) is 6.37. The number of nitrogens with one attached hydrogen (secondary N) is 1. The fourth-order valence-electron chi connectivity index (χ4n) is 2.49. The van der Waals surface area contributed by atoms with E-state index >= 15 is 0 Å². The maximum Gasteiger partial charge on any atom is 0.249 e. The summed E-state index contributed by atoms with van der Waals surface area (Å²) in [5.74, 6) is -0.0232. The van der Waals surface area contributed by atoms with Crippen molar-refractivity contribution in [3.63, 3.8) is 0 Å². The third-order valence-corrected chi connectivity index (χ3v) is 3.92. The molecule has 4 heteroatoms. The smallest absolute Gasteiger partial charge is 0.249 e. The molecule has 1 fully saturated rings. The predicted octanol–water partition coefficient (Wildman–Crippen LogP) is 1.59. The van der Waals surface area contributed by atoms with E-state index in [1.165, 1.54) is 5.56 Å². The van der Waals surface area contributed by atoms with E-state index in [0.29, 0.717) is 13.1 Å². The summed E-state index contributed by atoms with van der Waals surface area (Å²) in [5, 5.41) is 3.00. The van der Waals surface area contributed by atoms with E-state index in [2.05, 4.69) is 31.3 Å². The molecule has 0 aliphatic carbocycles. The van der Waals surface area contributed by atoms with Gasteiger partial charge in [0.2, 0.25) is 5.91 Å².